The molecule has 0 spiro atoms. The van der Waals surface area contributed by atoms with Crippen molar-refractivity contribution in [3.05, 3.63) is 70.4 Å². The summed E-state index contributed by atoms with van der Waals surface area (Å²) in [6.07, 6.45) is 3.10. The average Bonchev–Trinajstić information content (AvgIpc) is 2.50. The maximum Gasteiger partial charge on any atom is 0.187 e. The van der Waals surface area contributed by atoms with Crippen LogP contribution >= 0.6 is 11.6 Å². The predicted octanol–water partition coefficient (Wildman–Crippen LogP) is 4.77. The Morgan fingerprint density at radius 2 is 1.95 bits per heavy atom. The lowest BCUT2D eigenvalue weighted by molar-refractivity contribution is 0.104. The monoisotopic (exact) mass is 315 g/mol. The normalized spacial score (nSPS) is 10.7. The Hall–Kier alpha value is -2.26. The SMILES string of the molecule is COc1ccc(Cl)cc1NC=CC(=O)c1cc(C)ccc1C. The molecule has 0 unspecified atom stereocenters. The van der Waals surface area contributed by atoms with Crippen LogP contribution in [0.5, 0.6) is 5.75 Å². The Labute approximate surface area is 135 Å². The van der Waals surface area contributed by atoms with Gasteiger partial charge in [-0.15, -0.1) is 0 Å². The summed E-state index contributed by atoms with van der Waals surface area (Å²) < 4.78 is 5.24. The molecule has 0 fully saturated rings. The first kappa shape index (κ1) is 16.1. The zero-order valence-corrected chi connectivity index (χ0v) is 13.6. The molecule has 114 valence electrons. The second kappa shape index (κ2) is 7.14. The van der Waals surface area contributed by atoms with Gasteiger partial charge in [0.25, 0.3) is 0 Å². The molecule has 0 aromatic heterocycles. The molecule has 0 heterocycles. The molecule has 0 saturated carbocycles. The number of carbonyl (C=O) groups is 1. The van der Waals surface area contributed by atoms with Gasteiger partial charge in [0, 0.05) is 22.9 Å². The Kier molecular flexibility index (Phi) is 5.23. The van der Waals surface area contributed by atoms with Crippen molar-refractivity contribution in [1.29, 1.82) is 0 Å². The number of methoxy groups -OCH3 is 1. The minimum atomic E-state index is -0.0466. The number of allylic oxidation sites excluding steroid dienone is 1. The smallest absolute Gasteiger partial charge is 0.187 e. The van der Waals surface area contributed by atoms with Gasteiger partial charge in [-0.25, -0.2) is 0 Å². The summed E-state index contributed by atoms with van der Waals surface area (Å²) in [5.74, 6) is 0.614. The molecule has 0 radical (unpaired) electrons. The molecule has 2 aromatic carbocycles. The number of nitrogens with one attached hydrogen (secondary N) is 1. The Bertz CT molecular complexity index is 723. The molecular weight excluding hydrogens is 298 g/mol. The molecule has 1 N–H and O–H groups in total. The molecule has 2 rings (SSSR count). The average molecular weight is 316 g/mol. The van der Waals surface area contributed by atoms with Crippen LogP contribution in [0.4, 0.5) is 5.69 Å². The highest BCUT2D eigenvalue weighted by Gasteiger charge is 2.06. The lowest BCUT2D eigenvalue weighted by Crippen LogP contribution is -2.00. The second-order valence-corrected chi connectivity index (χ2v) is 5.44. The molecule has 0 aliphatic heterocycles. The van der Waals surface area contributed by atoms with Crippen molar-refractivity contribution in [2.45, 2.75) is 13.8 Å². The summed E-state index contributed by atoms with van der Waals surface area (Å²) in [6, 6.07) is 11.1. The van der Waals surface area contributed by atoms with Crippen LogP contribution in [0.1, 0.15) is 21.5 Å². The summed E-state index contributed by atoms with van der Waals surface area (Å²) in [5, 5.41) is 3.62. The highest BCUT2D eigenvalue weighted by Crippen LogP contribution is 2.27. The lowest BCUT2D eigenvalue weighted by atomic mass is 10.0. The Morgan fingerprint density at radius 1 is 1.18 bits per heavy atom. The predicted molar refractivity (Wildman–Crippen MR) is 91.0 cm³/mol. The Balaban J connectivity index is 2.14. The van der Waals surface area contributed by atoms with E-state index < -0.39 is 0 Å². The van der Waals surface area contributed by atoms with Crippen LogP contribution in [0.2, 0.25) is 5.02 Å². The van der Waals surface area contributed by atoms with E-state index >= 15 is 0 Å². The first-order valence-electron chi connectivity index (χ1n) is 6.89. The van der Waals surface area contributed by atoms with E-state index in [1.807, 2.05) is 32.0 Å². The number of carbonyl (C=O) groups excluding carboxylic acids is 1. The van der Waals surface area contributed by atoms with Crippen LogP contribution < -0.4 is 10.1 Å². The maximum absolute atomic E-state index is 12.2. The van der Waals surface area contributed by atoms with E-state index in [-0.39, 0.29) is 5.78 Å². The summed E-state index contributed by atoms with van der Waals surface area (Å²) >= 11 is 5.96. The highest BCUT2D eigenvalue weighted by atomic mass is 35.5. The van der Waals surface area contributed by atoms with Gasteiger partial charge in [-0.05, 0) is 43.7 Å². The number of anilines is 1. The fraction of sp³-hybridized carbons (Fsp3) is 0.167. The molecule has 22 heavy (non-hydrogen) atoms. The van der Waals surface area contributed by atoms with Gasteiger partial charge in [0.1, 0.15) is 5.75 Å². The standard InChI is InChI=1S/C18H18ClNO2/c1-12-4-5-13(2)15(10-12)17(21)8-9-20-16-11-14(19)6-7-18(16)22-3/h4-11,20H,1-3H3. The van der Waals surface area contributed by atoms with E-state index in [1.165, 1.54) is 6.08 Å². The van der Waals surface area contributed by atoms with Gasteiger partial charge in [0.15, 0.2) is 5.78 Å². The van der Waals surface area contributed by atoms with Crippen molar-refractivity contribution >= 4 is 23.1 Å². The number of rotatable bonds is 5. The number of ether oxygens (including phenoxy) is 1. The Morgan fingerprint density at radius 3 is 2.68 bits per heavy atom. The molecule has 0 amide bonds. The fourth-order valence-electron chi connectivity index (χ4n) is 2.09. The first-order valence-corrected chi connectivity index (χ1v) is 7.27. The summed E-state index contributed by atoms with van der Waals surface area (Å²) in [6.45, 7) is 3.89. The number of hydrogen-bond donors (Lipinski definition) is 1. The third-order valence-electron chi connectivity index (χ3n) is 3.29. The molecule has 0 saturated heterocycles. The number of benzene rings is 2. The van der Waals surface area contributed by atoms with Gasteiger partial charge in [0.2, 0.25) is 0 Å². The minimum Gasteiger partial charge on any atom is -0.495 e. The zero-order chi connectivity index (χ0) is 16.1. The van der Waals surface area contributed by atoms with Gasteiger partial charge in [-0.1, -0.05) is 29.3 Å². The number of hydrogen-bond acceptors (Lipinski definition) is 3. The third-order valence-corrected chi connectivity index (χ3v) is 3.53. The molecule has 0 aliphatic carbocycles. The minimum absolute atomic E-state index is 0.0466. The van der Waals surface area contributed by atoms with Crippen molar-refractivity contribution in [2.24, 2.45) is 0 Å². The van der Waals surface area contributed by atoms with Crippen molar-refractivity contribution in [3.63, 3.8) is 0 Å². The van der Waals surface area contributed by atoms with Gasteiger partial charge in [0.05, 0.1) is 12.8 Å². The van der Waals surface area contributed by atoms with E-state index in [0.29, 0.717) is 22.0 Å². The maximum atomic E-state index is 12.2. The van der Waals surface area contributed by atoms with Crippen LogP contribution in [-0.2, 0) is 0 Å². The number of halogens is 1. The zero-order valence-electron chi connectivity index (χ0n) is 12.8. The van der Waals surface area contributed by atoms with Gasteiger partial charge in [-0.2, -0.15) is 0 Å². The van der Waals surface area contributed by atoms with E-state index in [9.17, 15) is 4.79 Å². The topological polar surface area (TPSA) is 38.3 Å². The molecular formula is C18H18ClNO2. The molecule has 0 aliphatic rings. The van der Waals surface area contributed by atoms with Gasteiger partial charge in [-0.3, -0.25) is 4.79 Å². The molecule has 0 atom stereocenters. The van der Waals surface area contributed by atoms with Crippen molar-refractivity contribution in [1.82, 2.24) is 0 Å². The quantitative estimate of drug-likeness (QED) is 0.637. The highest BCUT2D eigenvalue weighted by molar-refractivity contribution is 6.30. The van der Waals surface area contributed by atoms with Crippen molar-refractivity contribution in [3.8, 4) is 5.75 Å². The van der Waals surface area contributed by atoms with E-state index in [0.717, 1.165) is 11.1 Å². The van der Waals surface area contributed by atoms with Gasteiger partial charge >= 0.3 is 0 Å². The molecule has 3 nitrogen and oxygen atoms in total. The summed E-state index contributed by atoms with van der Waals surface area (Å²) in [7, 11) is 1.58. The first-order chi connectivity index (χ1) is 10.5. The number of ketones is 1. The van der Waals surface area contributed by atoms with Crippen LogP contribution in [0.25, 0.3) is 0 Å². The van der Waals surface area contributed by atoms with Crippen molar-refractivity contribution < 1.29 is 9.53 Å². The molecule has 0 bridgehead atoms. The van der Waals surface area contributed by atoms with Crippen LogP contribution in [0.3, 0.4) is 0 Å². The summed E-state index contributed by atoms with van der Waals surface area (Å²) in [4.78, 5) is 12.2. The van der Waals surface area contributed by atoms with E-state index in [4.69, 9.17) is 16.3 Å². The van der Waals surface area contributed by atoms with E-state index in [2.05, 4.69) is 5.32 Å². The summed E-state index contributed by atoms with van der Waals surface area (Å²) in [5.41, 5.74) is 3.43. The fourth-order valence-corrected chi connectivity index (χ4v) is 2.26. The number of aryl methyl sites for hydroxylation is 2. The van der Waals surface area contributed by atoms with Crippen LogP contribution in [-0.4, -0.2) is 12.9 Å². The van der Waals surface area contributed by atoms with E-state index in [1.54, 1.807) is 31.5 Å². The largest absolute Gasteiger partial charge is 0.495 e. The lowest BCUT2D eigenvalue weighted by Gasteiger charge is -2.08. The van der Waals surface area contributed by atoms with Crippen LogP contribution in [0.15, 0.2) is 48.7 Å². The van der Waals surface area contributed by atoms with Gasteiger partial charge < -0.3 is 10.1 Å². The molecule has 2 aromatic rings. The van der Waals surface area contributed by atoms with Crippen LogP contribution in [0, 0.1) is 13.8 Å². The van der Waals surface area contributed by atoms with Crippen molar-refractivity contribution in [2.75, 3.05) is 12.4 Å². The molecule has 4 heteroatoms. The second-order valence-electron chi connectivity index (χ2n) is 5.00. The third kappa shape index (κ3) is 3.89.